The number of anilines is 1. The summed E-state index contributed by atoms with van der Waals surface area (Å²) in [5.74, 6) is 0.437. The average molecular weight is 517 g/mol. The number of rotatable bonds is 9. The highest BCUT2D eigenvalue weighted by atomic mass is 32.2. The van der Waals surface area contributed by atoms with Gasteiger partial charge in [-0.1, -0.05) is 80.1 Å². The van der Waals surface area contributed by atoms with E-state index in [1.54, 1.807) is 0 Å². The lowest BCUT2D eigenvalue weighted by Crippen LogP contribution is -2.25. The Hall–Kier alpha value is -3.57. The highest BCUT2D eigenvalue weighted by molar-refractivity contribution is 7.98. The fraction of sp³-hybridized carbons (Fsp3) is 0.219. The van der Waals surface area contributed by atoms with Crippen LogP contribution in [0.5, 0.6) is 0 Å². The van der Waals surface area contributed by atoms with Crippen molar-refractivity contribution in [1.82, 2.24) is 5.32 Å². The Morgan fingerprint density at radius 3 is 1.92 bits per heavy atom. The summed E-state index contributed by atoms with van der Waals surface area (Å²) in [4.78, 5) is 13.2. The minimum Gasteiger partial charge on any atom is -0.385 e. The summed E-state index contributed by atoms with van der Waals surface area (Å²) in [5.41, 5.74) is 4.17. The first kappa shape index (κ1) is 29.7. The number of nitrogens with one attached hydrogen (secondary N) is 2. The molecule has 0 aliphatic carbocycles. The highest BCUT2D eigenvalue weighted by Gasteiger charge is 2.04. The Morgan fingerprint density at radius 2 is 1.35 bits per heavy atom. The van der Waals surface area contributed by atoms with Gasteiger partial charge in [0.15, 0.2) is 0 Å². The van der Waals surface area contributed by atoms with Crippen molar-refractivity contribution >= 4 is 23.4 Å². The molecule has 0 heterocycles. The van der Waals surface area contributed by atoms with E-state index in [0.29, 0.717) is 12.1 Å². The van der Waals surface area contributed by atoms with Crippen molar-refractivity contribution < 1.29 is 9.18 Å². The lowest BCUT2D eigenvalue weighted by atomic mass is 10.2. The molecule has 0 aliphatic heterocycles. The molecule has 37 heavy (non-hydrogen) atoms. The van der Waals surface area contributed by atoms with E-state index in [9.17, 15) is 9.18 Å². The number of amides is 1. The lowest BCUT2D eigenvalue weighted by Gasteiger charge is -2.09. The van der Waals surface area contributed by atoms with E-state index in [1.807, 2.05) is 49.9 Å². The average Bonchev–Trinajstić information content (AvgIpc) is 2.95. The number of hydrogen-bond acceptors (Lipinski definition) is 3. The normalized spacial score (nSPS) is 9.73. The molecule has 5 heteroatoms. The molecule has 3 nitrogen and oxygen atoms in total. The van der Waals surface area contributed by atoms with Crippen LogP contribution in [0.15, 0.2) is 114 Å². The predicted octanol–water partition coefficient (Wildman–Crippen LogP) is 8.37. The van der Waals surface area contributed by atoms with Crippen molar-refractivity contribution in [3.63, 3.8) is 0 Å². The Bertz CT molecular complexity index is 1140. The third kappa shape index (κ3) is 12.3. The van der Waals surface area contributed by atoms with E-state index < -0.39 is 0 Å². The molecule has 194 valence electrons. The van der Waals surface area contributed by atoms with Crippen molar-refractivity contribution in [3.8, 4) is 0 Å². The van der Waals surface area contributed by atoms with Crippen molar-refractivity contribution in [2.75, 3.05) is 18.4 Å². The highest BCUT2D eigenvalue weighted by Crippen LogP contribution is 2.24. The number of carbonyl (C=O) groups excluding carboxylic acids is 1. The van der Waals surface area contributed by atoms with Crippen LogP contribution in [0.2, 0.25) is 0 Å². The SMILES string of the molecule is CC.Cc1ccccc1.O=C(NCCCNc1ccc(SCc2ccccc2)cc1)c1ccc(F)cc1. The third-order valence-electron chi connectivity index (χ3n) is 5.12. The molecule has 2 N–H and O–H groups in total. The molecular weight excluding hydrogens is 479 g/mol. The quantitative estimate of drug-likeness (QED) is 0.173. The van der Waals surface area contributed by atoms with Crippen LogP contribution in [0.3, 0.4) is 0 Å². The molecule has 0 unspecified atom stereocenters. The first-order valence-corrected chi connectivity index (χ1v) is 13.6. The molecule has 0 bridgehead atoms. The molecule has 0 spiro atoms. The number of hydrogen-bond donors (Lipinski definition) is 2. The van der Waals surface area contributed by atoms with Gasteiger partial charge >= 0.3 is 0 Å². The maximum atomic E-state index is 12.9. The van der Waals surface area contributed by atoms with E-state index >= 15 is 0 Å². The monoisotopic (exact) mass is 516 g/mol. The van der Waals surface area contributed by atoms with Gasteiger partial charge in [-0.05, 0) is 67.4 Å². The second-order valence-corrected chi connectivity index (χ2v) is 9.05. The van der Waals surface area contributed by atoms with E-state index in [4.69, 9.17) is 0 Å². The van der Waals surface area contributed by atoms with Crippen molar-refractivity contribution in [3.05, 3.63) is 132 Å². The van der Waals surface area contributed by atoms with Crippen molar-refractivity contribution in [2.45, 2.75) is 37.8 Å². The lowest BCUT2D eigenvalue weighted by molar-refractivity contribution is 0.0953. The summed E-state index contributed by atoms with van der Waals surface area (Å²) in [7, 11) is 0. The maximum absolute atomic E-state index is 12.9. The second-order valence-electron chi connectivity index (χ2n) is 8.00. The maximum Gasteiger partial charge on any atom is 0.251 e. The largest absolute Gasteiger partial charge is 0.385 e. The minimum absolute atomic E-state index is 0.181. The van der Waals surface area contributed by atoms with E-state index in [0.717, 1.165) is 24.4 Å². The molecule has 1 amide bonds. The third-order valence-corrected chi connectivity index (χ3v) is 6.20. The molecule has 0 fully saturated rings. The smallest absolute Gasteiger partial charge is 0.251 e. The molecule has 4 rings (SSSR count). The summed E-state index contributed by atoms with van der Waals surface area (Å²) in [6.45, 7) is 7.41. The van der Waals surface area contributed by atoms with Crippen LogP contribution < -0.4 is 10.6 Å². The first-order chi connectivity index (χ1) is 18.1. The van der Waals surface area contributed by atoms with Gasteiger partial charge in [-0.15, -0.1) is 11.8 Å². The minimum atomic E-state index is -0.342. The van der Waals surface area contributed by atoms with Crippen LogP contribution in [-0.2, 0) is 5.75 Å². The van der Waals surface area contributed by atoms with Crippen LogP contribution in [0.25, 0.3) is 0 Å². The van der Waals surface area contributed by atoms with Gasteiger partial charge in [0.1, 0.15) is 5.82 Å². The zero-order chi connectivity index (χ0) is 26.7. The zero-order valence-corrected chi connectivity index (χ0v) is 22.7. The molecular formula is C32H37FN2OS. The van der Waals surface area contributed by atoms with Crippen LogP contribution in [0.1, 0.15) is 41.8 Å². The van der Waals surface area contributed by atoms with Gasteiger partial charge in [-0.2, -0.15) is 0 Å². The van der Waals surface area contributed by atoms with Gasteiger partial charge in [0.25, 0.3) is 5.91 Å². The van der Waals surface area contributed by atoms with E-state index in [2.05, 4.69) is 78.2 Å². The van der Waals surface area contributed by atoms with Crippen LogP contribution in [-0.4, -0.2) is 19.0 Å². The Morgan fingerprint density at radius 1 is 0.757 bits per heavy atom. The van der Waals surface area contributed by atoms with Gasteiger partial charge in [0.2, 0.25) is 0 Å². The van der Waals surface area contributed by atoms with Gasteiger partial charge in [-0.25, -0.2) is 4.39 Å². The molecule has 0 aromatic heterocycles. The van der Waals surface area contributed by atoms with E-state index in [-0.39, 0.29) is 11.7 Å². The van der Waals surface area contributed by atoms with Crippen molar-refractivity contribution in [2.24, 2.45) is 0 Å². The molecule has 4 aromatic carbocycles. The number of thioether (sulfide) groups is 1. The fourth-order valence-corrected chi connectivity index (χ4v) is 4.02. The topological polar surface area (TPSA) is 41.1 Å². The second kappa shape index (κ2) is 17.8. The molecule has 0 radical (unpaired) electrons. The number of halogens is 1. The Balaban J connectivity index is 0.000000455. The van der Waals surface area contributed by atoms with Gasteiger partial charge < -0.3 is 10.6 Å². The predicted molar refractivity (Wildman–Crippen MR) is 157 cm³/mol. The molecule has 0 atom stereocenters. The first-order valence-electron chi connectivity index (χ1n) is 12.7. The molecule has 0 aliphatic rings. The van der Waals surface area contributed by atoms with Crippen LogP contribution in [0.4, 0.5) is 10.1 Å². The standard InChI is InChI=1S/C23H23FN2OS.C7H8.C2H6/c24-20-9-7-19(8-10-20)23(27)26-16-4-15-25-21-11-13-22(14-12-21)28-17-18-5-2-1-3-6-18;1-7-5-3-2-4-6-7;1-2/h1-3,5-14,25H,4,15-17H2,(H,26,27);2-6H,1H3;1-2H3. The number of benzene rings is 4. The summed E-state index contributed by atoms with van der Waals surface area (Å²) in [6.07, 6.45) is 0.803. The Labute approximate surface area is 225 Å². The van der Waals surface area contributed by atoms with Gasteiger partial charge in [-0.3, -0.25) is 4.79 Å². The summed E-state index contributed by atoms with van der Waals surface area (Å²) >= 11 is 1.82. The van der Waals surface area contributed by atoms with E-state index in [1.165, 1.54) is 40.3 Å². The van der Waals surface area contributed by atoms with Crippen molar-refractivity contribution in [1.29, 1.82) is 0 Å². The summed E-state index contributed by atoms with van der Waals surface area (Å²) < 4.78 is 12.9. The zero-order valence-electron chi connectivity index (χ0n) is 21.9. The molecule has 0 saturated carbocycles. The molecule has 4 aromatic rings. The summed E-state index contributed by atoms with van der Waals surface area (Å²) in [6, 6.07) is 34.6. The van der Waals surface area contributed by atoms with Gasteiger partial charge in [0, 0.05) is 35.0 Å². The van der Waals surface area contributed by atoms with Crippen LogP contribution in [0, 0.1) is 12.7 Å². The number of carbonyl (C=O) groups is 1. The summed E-state index contributed by atoms with van der Waals surface area (Å²) in [5, 5.41) is 6.20. The van der Waals surface area contributed by atoms with Crippen LogP contribution >= 0.6 is 11.8 Å². The van der Waals surface area contributed by atoms with Gasteiger partial charge in [0.05, 0.1) is 0 Å². The number of aryl methyl sites for hydroxylation is 1. The molecule has 0 saturated heterocycles. The fourth-order valence-electron chi connectivity index (χ4n) is 3.17. The Kier molecular flexibility index (Phi) is 14.3.